The highest BCUT2D eigenvalue weighted by molar-refractivity contribution is 9.10. The number of aromatic nitrogens is 1. The number of carbonyl (C=O) groups is 2. The molecule has 4 rings (SSSR count). The van der Waals surface area contributed by atoms with Gasteiger partial charge in [-0.15, -0.1) is 0 Å². The van der Waals surface area contributed by atoms with Gasteiger partial charge in [-0.1, -0.05) is 64.5 Å². The number of para-hydroxylation sites is 2. The van der Waals surface area contributed by atoms with Gasteiger partial charge in [-0.3, -0.25) is 9.59 Å². The Labute approximate surface area is 207 Å². The molecule has 0 saturated heterocycles. The monoisotopic (exact) mass is 518 g/mol. The molecule has 2 amide bonds. The minimum atomic E-state index is -0.804. The van der Waals surface area contributed by atoms with Gasteiger partial charge >= 0.3 is 0 Å². The number of nitrogens with one attached hydrogen (secondary N) is 2. The number of H-pyrrole nitrogens is 1. The summed E-state index contributed by atoms with van der Waals surface area (Å²) in [5.41, 5.74) is 9.28. The van der Waals surface area contributed by atoms with E-state index < -0.39 is 6.04 Å². The van der Waals surface area contributed by atoms with Crippen molar-refractivity contribution in [1.29, 1.82) is 0 Å². The first-order valence-electron chi connectivity index (χ1n) is 11.2. The van der Waals surface area contributed by atoms with Crippen molar-refractivity contribution in [3.05, 3.63) is 101 Å². The second kappa shape index (κ2) is 11.1. The number of nitrogens with two attached hydrogens (primary N) is 1. The third-order valence-corrected chi connectivity index (χ3v) is 6.23. The molecular weight excluding hydrogens is 492 g/mol. The average molecular weight is 519 g/mol. The van der Waals surface area contributed by atoms with Crippen LogP contribution in [0.1, 0.15) is 23.6 Å². The standard InChI is InChI=1S/C27H27BrN4O2/c28-21-8-6-7-19(17-21)26(27(34)31-22-9-2-1-3-10-22)32(25(33)13-15-29)16-14-20-18-30-24-12-5-4-11-23(20)24/h1-12,17-18,26,30H,13-16,29H2,(H,31,34). The largest absolute Gasteiger partial charge is 0.361 e. The van der Waals surface area contributed by atoms with E-state index in [1.807, 2.05) is 79.0 Å². The van der Waals surface area contributed by atoms with Crippen molar-refractivity contribution in [2.75, 3.05) is 18.4 Å². The lowest BCUT2D eigenvalue weighted by Gasteiger charge is -2.31. The van der Waals surface area contributed by atoms with Crippen molar-refractivity contribution in [1.82, 2.24) is 9.88 Å². The van der Waals surface area contributed by atoms with Crippen molar-refractivity contribution < 1.29 is 9.59 Å². The Balaban J connectivity index is 1.68. The molecule has 4 aromatic rings. The molecule has 0 radical (unpaired) electrons. The van der Waals surface area contributed by atoms with Gasteiger partial charge in [0.15, 0.2) is 0 Å². The fourth-order valence-electron chi connectivity index (χ4n) is 4.13. The molecule has 0 saturated carbocycles. The van der Waals surface area contributed by atoms with Gasteiger partial charge in [-0.25, -0.2) is 0 Å². The summed E-state index contributed by atoms with van der Waals surface area (Å²) in [6.07, 6.45) is 2.73. The van der Waals surface area contributed by atoms with E-state index in [1.54, 1.807) is 4.90 Å². The van der Waals surface area contributed by atoms with Gasteiger partial charge in [-0.2, -0.15) is 0 Å². The fraction of sp³-hybridized carbons (Fsp3) is 0.185. The lowest BCUT2D eigenvalue weighted by Crippen LogP contribution is -2.43. The Morgan fingerprint density at radius 1 is 1.00 bits per heavy atom. The number of hydrogen-bond donors (Lipinski definition) is 3. The lowest BCUT2D eigenvalue weighted by atomic mass is 10.0. The predicted molar refractivity (Wildman–Crippen MR) is 139 cm³/mol. The van der Waals surface area contributed by atoms with Crippen LogP contribution in [0, 0.1) is 0 Å². The van der Waals surface area contributed by atoms with Crippen LogP contribution in [0.4, 0.5) is 5.69 Å². The topological polar surface area (TPSA) is 91.2 Å². The van der Waals surface area contributed by atoms with Crippen LogP contribution in [-0.2, 0) is 16.0 Å². The minimum absolute atomic E-state index is 0.157. The molecule has 1 unspecified atom stereocenters. The number of anilines is 1. The van der Waals surface area contributed by atoms with Gasteiger partial charge in [0.05, 0.1) is 0 Å². The molecule has 6 nitrogen and oxygen atoms in total. The molecule has 1 aromatic heterocycles. The highest BCUT2D eigenvalue weighted by Crippen LogP contribution is 2.27. The summed E-state index contributed by atoms with van der Waals surface area (Å²) in [7, 11) is 0. The maximum Gasteiger partial charge on any atom is 0.251 e. The van der Waals surface area contributed by atoms with Crippen molar-refractivity contribution >= 4 is 44.3 Å². The Morgan fingerprint density at radius 3 is 2.53 bits per heavy atom. The van der Waals surface area contributed by atoms with Gasteiger partial charge in [0.2, 0.25) is 5.91 Å². The molecule has 0 spiro atoms. The Hall–Kier alpha value is -3.42. The van der Waals surface area contributed by atoms with Crippen molar-refractivity contribution in [3.63, 3.8) is 0 Å². The molecule has 0 aliphatic rings. The number of fused-ring (bicyclic) bond motifs is 1. The van der Waals surface area contributed by atoms with Gasteiger partial charge in [0.25, 0.3) is 5.91 Å². The normalized spacial score (nSPS) is 11.8. The van der Waals surface area contributed by atoms with Crippen LogP contribution in [0.3, 0.4) is 0 Å². The summed E-state index contributed by atoms with van der Waals surface area (Å²) in [6.45, 7) is 0.591. The van der Waals surface area contributed by atoms with E-state index in [-0.39, 0.29) is 24.8 Å². The summed E-state index contributed by atoms with van der Waals surface area (Å²) in [6, 6.07) is 24.0. The summed E-state index contributed by atoms with van der Waals surface area (Å²) >= 11 is 3.50. The van der Waals surface area contributed by atoms with Crippen LogP contribution >= 0.6 is 15.9 Å². The maximum atomic E-state index is 13.6. The number of halogens is 1. The van der Waals surface area contributed by atoms with E-state index in [0.717, 1.165) is 26.5 Å². The smallest absolute Gasteiger partial charge is 0.251 e. The fourth-order valence-corrected chi connectivity index (χ4v) is 4.54. The van der Waals surface area contributed by atoms with E-state index in [1.165, 1.54) is 0 Å². The van der Waals surface area contributed by atoms with Crippen molar-refractivity contribution in [3.8, 4) is 0 Å². The number of carbonyl (C=O) groups excluding carboxylic acids is 2. The molecule has 1 atom stereocenters. The van der Waals surface area contributed by atoms with Crippen LogP contribution < -0.4 is 11.1 Å². The molecule has 0 aliphatic heterocycles. The number of hydrogen-bond acceptors (Lipinski definition) is 3. The molecule has 1 heterocycles. The quantitative estimate of drug-likeness (QED) is 0.290. The predicted octanol–water partition coefficient (Wildman–Crippen LogP) is 5.03. The van der Waals surface area contributed by atoms with Gasteiger partial charge in [-0.05, 0) is 47.9 Å². The second-order valence-electron chi connectivity index (χ2n) is 8.05. The van der Waals surface area contributed by atoms with E-state index in [0.29, 0.717) is 18.7 Å². The summed E-state index contributed by atoms with van der Waals surface area (Å²) in [4.78, 5) is 31.8. The van der Waals surface area contributed by atoms with Crippen LogP contribution in [0.25, 0.3) is 10.9 Å². The molecular formula is C27H27BrN4O2. The zero-order chi connectivity index (χ0) is 23.9. The SMILES string of the molecule is NCCC(=O)N(CCc1c[nH]c2ccccc12)C(C(=O)Nc1ccccc1)c1cccc(Br)c1. The van der Waals surface area contributed by atoms with Crippen LogP contribution in [0.2, 0.25) is 0 Å². The number of rotatable bonds is 9. The molecule has 0 bridgehead atoms. The summed E-state index contributed by atoms with van der Waals surface area (Å²) in [5, 5.41) is 4.09. The molecule has 7 heteroatoms. The molecule has 0 fully saturated rings. The van der Waals surface area contributed by atoms with Crippen LogP contribution in [0.15, 0.2) is 89.5 Å². The number of benzene rings is 3. The zero-order valence-corrected chi connectivity index (χ0v) is 20.3. The van der Waals surface area contributed by atoms with Gasteiger partial charge in [0.1, 0.15) is 6.04 Å². The lowest BCUT2D eigenvalue weighted by molar-refractivity contribution is -0.138. The summed E-state index contributed by atoms with van der Waals surface area (Å²) < 4.78 is 0.838. The summed E-state index contributed by atoms with van der Waals surface area (Å²) in [5.74, 6) is -0.427. The zero-order valence-electron chi connectivity index (χ0n) is 18.7. The number of nitrogens with zero attached hydrogens (tertiary/aromatic N) is 1. The highest BCUT2D eigenvalue weighted by Gasteiger charge is 2.31. The first-order chi connectivity index (χ1) is 16.6. The highest BCUT2D eigenvalue weighted by atomic mass is 79.9. The van der Waals surface area contributed by atoms with E-state index in [9.17, 15) is 9.59 Å². The van der Waals surface area contributed by atoms with E-state index >= 15 is 0 Å². The molecule has 3 aromatic carbocycles. The van der Waals surface area contributed by atoms with Gasteiger partial charge in [0, 0.05) is 46.8 Å². The Kier molecular flexibility index (Phi) is 7.77. The van der Waals surface area contributed by atoms with Crippen LogP contribution in [-0.4, -0.2) is 34.8 Å². The second-order valence-corrected chi connectivity index (χ2v) is 8.96. The molecule has 0 aliphatic carbocycles. The van der Waals surface area contributed by atoms with Crippen molar-refractivity contribution in [2.45, 2.75) is 18.9 Å². The van der Waals surface area contributed by atoms with Crippen molar-refractivity contribution in [2.24, 2.45) is 5.73 Å². The van der Waals surface area contributed by atoms with E-state index in [2.05, 4.69) is 32.3 Å². The number of amides is 2. The first kappa shape index (κ1) is 23.7. The van der Waals surface area contributed by atoms with E-state index in [4.69, 9.17) is 5.73 Å². The van der Waals surface area contributed by atoms with Gasteiger partial charge < -0.3 is 20.9 Å². The Morgan fingerprint density at radius 2 is 1.76 bits per heavy atom. The Bertz CT molecular complexity index is 1270. The average Bonchev–Trinajstić information content (AvgIpc) is 3.25. The molecule has 4 N–H and O–H groups in total. The minimum Gasteiger partial charge on any atom is -0.361 e. The molecule has 34 heavy (non-hydrogen) atoms. The molecule has 174 valence electrons. The third-order valence-electron chi connectivity index (χ3n) is 5.74. The first-order valence-corrected chi connectivity index (χ1v) is 12.0. The number of aromatic amines is 1. The maximum absolute atomic E-state index is 13.6. The third kappa shape index (κ3) is 5.55. The van der Waals surface area contributed by atoms with Crippen LogP contribution in [0.5, 0.6) is 0 Å².